The van der Waals surface area contributed by atoms with E-state index in [-0.39, 0.29) is 5.92 Å². The molecule has 0 saturated carbocycles. The third-order valence-corrected chi connectivity index (χ3v) is 2.54. The molecule has 1 unspecified atom stereocenters. The zero-order valence-electron chi connectivity index (χ0n) is 7.67. The van der Waals surface area contributed by atoms with Crippen LogP contribution in [0.3, 0.4) is 0 Å². The van der Waals surface area contributed by atoms with Gasteiger partial charge >= 0.3 is 0 Å². The van der Waals surface area contributed by atoms with Gasteiger partial charge in [0.2, 0.25) is 0 Å². The van der Waals surface area contributed by atoms with Crippen molar-refractivity contribution in [3.05, 3.63) is 28.2 Å². The first kappa shape index (κ1) is 10.1. The minimum Gasteiger partial charge on any atom is -0.495 e. The second-order valence-corrected chi connectivity index (χ2v) is 3.61. The van der Waals surface area contributed by atoms with Gasteiger partial charge in [-0.1, -0.05) is 18.1 Å². The van der Waals surface area contributed by atoms with Crippen molar-refractivity contribution >= 4 is 15.9 Å². The Bertz CT molecular complexity index is 338. The molecule has 0 radical (unpaired) electrons. The summed E-state index contributed by atoms with van der Waals surface area (Å²) in [4.78, 5) is 0. The van der Waals surface area contributed by atoms with E-state index in [1.807, 2.05) is 25.1 Å². The Kier molecular flexibility index (Phi) is 3.39. The zero-order valence-corrected chi connectivity index (χ0v) is 9.26. The standard InChI is InChI=1S/C11H11BrO/c1-4-8(2)9-6-5-7-10(12)11(9)13-3/h1,5-8H,2-3H3. The monoisotopic (exact) mass is 238 g/mol. The molecule has 0 amide bonds. The van der Waals surface area contributed by atoms with Crippen molar-refractivity contribution in [3.63, 3.8) is 0 Å². The van der Waals surface area contributed by atoms with Gasteiger partial charge in [0.1, 0.15) is 5.75 Å². The number of hydrogen-bond donors (Lipinski definition) is 0. The molecule has 0 N–H and O–H groups in total. The lowest BCUT2D eigenvalue weighted by Crippen LogP contribution is -1.95. The van der Waals surface area contributed by atoms with Gasteiger partial charge < -0.3 is 4.74 Å². The van der Waals surface area contributed by atoms with Crippen molar-refractivity contribution in [1.82, 2.24) is 0 Å². The smallest absolute Gasteiger partial charge is 0.137 e. The fourth-order valence-electron chi connectivity index (χ4n) is 1.17. The number of rotatable bonds is 2. The number of terminal acetylenes is 1. The molecule has 1 aromatic rings. The van der Waals surface area contributed by atoms with E-state index in [2.05, 4.69) is 21.9 Å². The van der Waals surface area contributed by atoms with E-state index in [4.69, 9.17) is 11.2 Å². The molecule has 1 rings (SSSR count). The molecule has 0 aromatic heterocycles. The van der Waals surface area contributed by atoms with E-state index in [1.54, 1.807) is 7.11 Å². The maximum absolute atomic E-state index is 5.36. The highest BCUT2D eigenvalue weighted by Crippen LogP contribution is 2.33. The van der Waals surface area contributed by atoms with Gasteiger partial charge in [0.15, 0.2) is 0 Å². The van der Waals surface area contributed by atoms with E-state index in [0.29, 0.717) is 0 Å². The quantitative estimate of drug-likeness (QED) is 0.720. The van der Waals surface area contributed by atoms with Gasteiger partial charge in [-0.3, -0.25) is 0 Å². The van der Waals surface area contributed by atoms with Crippen LogP contribution in [-0.2, 0) is 0 Å². The fraction of sp³-hybridized carbons (Fsp3) is 0.273. The molecular formula is C11H11BrO. The number of hydrogen-bond acceptors (Lipinski definition) is 1. The molecular weight excluding hydrogens is 228 g/mol. The average molecular weight is 239 g/mol. The van der Waals surface area contributed by atoms with Crippen LogP contribution in [0.25, 0.3) is 0 Å². The van der Waals surface area contributed by atoms with Gasteiger partial charge in [-0.25, -0.2) is 0 Å². The number of benzene rings is 1. The summed E-state index contributed by atoms with van der Waals surface area (Å²) < 4.78 is 6.20. The number of para-hydroxylation sites is 1. The van der Waals surface area contributed by atoms with E-state index in [9.17, 15) is 0 Å². The molecule has 0 aliphatic carbocycles. The van der Waals surface area contributed by atoms with Gasteiger partial charge in [-0.15, -0.1) is 6.42 Å². The lowest BCUT2D eigenvalue weighted by atomic mass is 10.0. The van der Waals surface area contributed by atoms with Crippen molar-refractivity contribution in [2.75, 3.05) is 7.11 Å². The van der Waals surface area contributed by atoms with E-state index in [1.165, 1.54) is 0 Å². The van der Waals surface area contributed by atoms with Crippen LogP contribution in [0.1, 0.15) is 18.4 Å². The first-order valence-corrected chi connectivity index (χ1v) is 4.78. The molecule has 0 heterocycles. The topological polar surface area (TPSA) is 9.23 Å². The zero-order chi connectivity index (χ0) is 9.84. The molecule has 0 bridgehead atoms. The van der Waals surface area contributed by atoms with Gasteiger partial charge in [-0.2, -0.15) is 0 Å². The van der Waals surface area contributed by atoms with Crippen molar-refractivity contribution in [2.45, 2.75) is 12.8 Å². The molecule has 0 aliphatic heterocycles. The maximum Gasteiger partial charge on any atom is 0.137 e. The Morgan fingerprint density at radius 1 is 1.54 bits per heavy atom. The molecule has 0 aliphatic rings. The van der Waals surface area contributed by atoms with E-state index >= 15 is 0 Å². The van der Waals surface area contributed by atoms with Crippen molar-refractivity contribution in [2.24, 2.45) is 0 Å². The van der Waals surface area contributed by atoms with Crippen LogP contribution in [0.5, 0.6) is 5.75 Å². The highest BCUT2D eigenvalue weighted by Gasteiger charge is 2.10. The first-order chi connectivity index (χ1) is 6.20. The Morgan fingerprint density at radius 3 is 2.77 bits per heavy atom. The molecule has 68 valence electrons. The Labute approximate surface area is 87.2 Å². The number of methoxy groups -OCH3 is 1. The average Bonchev–Trinajstić information content (AvgIpc) is 2.16. The number of ether oxygens (including phenoxy) is 1. The van der Waals surface area contributed by atoms with Crippen LogP contribution in [-0.4, -0.2) is 7.11 Å². The molecule has 0 spiro atoms. The summed E-state index contributed by atoms with van der Waals surface area (Å²) in [6.45, 7) is 1.98. The number of halogens is 1. The van der Waals surface area contributed by atoms with Gasteiger partial charge in [0.25, 0.3) is 0 Å². The highest BCUT2D eigenvalue weighted by atomic mass is 79.9. The van der Waals surface area contributed by atoms with Crippen LogP contribution in [0.15, 0.2) is 22.7 Å². The molecule has 1 nitrogen and oxygen atoms in total. The highest BCUT2D eigenvalue weighted by molar-refractivity contribution is 9.10. The van der Waals surface area contributed by atoms with Gasteiger partial charge in [0.05, 0.1) is 11.6 Å². The van der Waals surface area contributed by atoms with E-state index in [0.717, 1.165) is 15.8 Å². The summed E-state index contributed by atoms with van der Waals surface area (Å²) in [5, 5.41) is 0. The minimum absolute atomic E-state index is 0.0763. The summed E-state index contributed by atoms with van der Waals surface area (Å²) >= 11 is 3.41. The first-order valence-electron chi connectivity index (χ1n) is 3.99. The molecule has 1 atom stereocenters. The van der Waals surface area contributed by atoms with Crippen molar-refractivity contribution < 1.29 is 4.74 Å². The SMILES string of the molecule is C#CC(C)c1cccc(Br)c1OC. The lowest BCUT2D eigenvalue weighted by molar-refractivity contribution is 0.406. The predicted molar refractivity (Wildman–Crippen MR) is 57.9 cm³/mol. The second kappa shape index (κ2) is 4.34. The Balaban J connectivity index is 3.21. The molecule has 2 heteroatoms. The van der Waals surface area contributed by atoms with Gasteiger partial charge in [-0.05, 0) is 28.9 Å². The Hall–Kier alpha value is -0.940. The summed E-state index contributed by atoms with van der Waals surface area (Å²) in [6, 6.07) is 5.87. The normalized spacial score (nSPS) is 11.8. The lowest BCUT2D eigenvalue weighted by Gasteiger charge is -2.11. The second-order valence-electron chi connectivity index (χ2n) is 2.75. The summed E-state index contributed by atoms with van der Waals surface area (Å²) in [5.41, 5.74) is 1.04. The van der Waals surface area contributed by atoms with Crippen LogP contribution in [0.2, 0.25) is 0 Å². The summed E-state index contributed by atoms with van der Waals surface area (Å²) in [6.07, 6.45) is 5.36. The van der Waals surface area contributed by atoms with Crippen LogP contribution >= 0.6 is 15.9 Å². The summed E-state index contributed by atoms with van der Waals surface area (Å²) in [5.74, 6) is 3.59. The van der Waals surface area contributed by atoms with Crippen LogP contribution in [0.4, 0.5) is 0 Å². The maximum atomic E-state index is 5.36. The third-order valence-electron chi connectivity index (χ3n) is 1.92. The van der Waals surface area contributed by atoms with Crippen LogP contribution in [0, 0.1) is 12.3 Å². The van der Waals surface area contributed by atoms with Crippen molar-refractivity contribution in [1.29, 1.82) is 0 Å². The van der Waals surface area contributed by atoms with Gasteiger partial charge in [0, 0.05) is 11.5 Å². The fourth-order valence-corrected chi connectivity index (χ4v) is 1.72. The third kappa shape index (κ3) is 2.05. The van der Waals surface area contributed by atoms with E-state index < -0.39 is 0 Å². The predicted octanol–water partition coefficient (Wildman–Crippen LogP) is 3.19. The largest absolute Gasteiger partial charge is 0.495 e. The summed E-state index contributed by atoms with van der Waals surface area (Å²) in [7, 11) is 1.65. The molecule has 13 heavy (non-hydrogen) atoms. The molecule has 1 aromatic carbocycles. The van der Waals surface area contributed by atoms with Crippen LogP contribution < -0.4 is 4.74 Å². The molecule has 0 saturated heterocycles. The van der Waals surface area contributed by atoms with Crippen molar-refractivity contribution in [3.8, 4) is 18.1 Å². The Morgan fingerprint density at radius 2 is 2.23 bits per heavy atom. The minimum atomic E-state index is 0.0763. The molecule has 0 fully saturated rings.